The summed E-state index contributed by atoms with van der Waals surface area (Å²) in [6, 6.07) is 10.9. The smallest absolute Gasteiger partial charge is 0.0706 e. The number of nitrogens with zero attached hydrogens (tertiary/aromatic N) is 2. The number of benzene rings is 1. The normalized spacial score (nSPS) is 19.6. The minimum absolute atomic E-state index is 0.171. The minimum atomic E-state index is -0.171. The zero-order valence-corrected chi connectivity index (χ0v) is 13.5. The van der Waals surface area contributed by atoms with Crippen molar-refractivity contribution in [3.05, 3.63) is 41.6 Å². The molecule has 1 atom stereocenters. The van der Waals surface area contributed by atoms with Crippen LogP contribution in [0.3, 0.4) is 0 Å². The van der Waals surface area contributed by atoms with E-state index in [0.717, 1.165) is 50.1 Å². The maximum absolute atomic E-state index is 9.77. The molecule has 1 saturated heterocycles. The van der Waals surface area contributed by atoms with Crippen LogP contribution in [0, 0.1) is 0 Å². The van der Waals surface area contributed by atoms with Crippen molar-refractivity contribution in [1.82, 2.24) is 9.88 Å². The summed E-state index contributed by atoms with van der Waals surface area (Å²) in [4.78, 5) is 7.10. The predicted octanol–water partition coefficient (Wildman–Crippen LogP) is 3.53. The molecular formula is C19H26N2O. The molecule has 3 heteroatoms. The molecule has 1 aromatic heterocycles. The third-order valence-corrected chi connectivity index (χ3v) is 4.50. The van der Waals surface area contributed by atoms with E-state index in [-0.39, 0.29) is 6.10 Å². The van der Waals surface area contributed by atoms with Crippen molar-refractivity contribution in [1.29, 1.82) is 0 Å². The van der Waals surface area contributed by atoms with E-state index in [0.29, 0.717) is 0 Å². The monoisotopic (exact) mass is 298 g/mol. The highest BCUT2D eigenvalue weighted by atomic mass is 16.3. The van der Waals surface area contributed by atoms with Gasteiger partial charge in [-0.15, -0.1) is 0 Å². The lowest BCUT2D eigenvalue weighted by molar-refractivity contribution is 0.0662. The molecule has 3 rings (SSSR count). The molecule has 1 fully saturated rings. The molecule has 0 amide bonds. The topological polar surface area (TPSA) is 36.4 Å². The standard InChI is InChI=1S/C19H26N2O/c1-2-3-5-15-7-10-19-16(12-15)8-9-17(20-19)13-21-11-4-6-18(22)14-21/h7-10,12,18,22H,2-6,11,13-14H2,1H3. The lowest BCUT2D eigenvalue weighted by atomic mass is 10.1. The maximum atomic E-state index is 9.77. The van der Waals surface area contributed by atoms with Gasteiger partial charge in [0.1, 0.15) is 0 Å². The quantitative estimate of drug-likeness (QED) is 0.917. The number of aliphatic hydroxyl groups is 1. The summed E-state index contributed by atoms with van der Waals surface area (Å²) in [7, 11) is 0. The van der Waals surface area contributed by atoms with Crippen LogP contribution in [0.4, 0.5) is 0 Å². The van der Waals surface area contributed by atoms with Crippen molar-refractivity contribution < 1.29 is 5.11 Å². The van der Waals surface area contributed by atoms with Crippen molar-refractivity contribution in [2.45, 2.75) is 51.7 Å². The summed E-state index contributed by atoms with van der Waals surface area (Å²) in [5, 5.41) is 11.0. The Balaban J connectivity index is 1.72. The number of unbranched alkanes of at least 4 members (excludes halogenated alkanes) is 1. The third-order valence-electron chi connectivity index (χ3n) is 4.50. The van der Waals surface area contributed by atoms with Crippen LogP contribution in [0.15, 0.2) is 30.3 Å². The van der Waals surface area contributed by atoms with E-state index in [1.165, 1.54) is 23.8 Å². The number of rotatable bonds is 5. The average molecular weight is 298 g/mol. The zero-order chi connectivity index (χ0) is 15.4. The molecule has 1 N–H and O–H groups in total. The van der Waals surface area contributed by atoms with Crippen LogP contribution in [0.25, 0.3) is 10.9 Å². The second-order valence-corrected chi connectivity index (χ2v) is 6.46. The second-order valence-electron chi connectivity index (χ2n) is 6.46. The first-order chi connectivity index (χ1) is 10.7. The van der Waals surface area contributed by atoms with Crippen molar-refractivity contribution in [2.24, 2.45) is 0 Å². The van der Waals surface area contributed by atoms with E-state index < -0.39 is 0 Å². The average Bonchev–Trinajstić information content (AvgIpc) is 2.53. The summed E-state index contributed by atoms with van der Waals surface area (Å²) in [5.41, 5.74) is 3.58. The molecule has 0 bridgehead atoms. The SMILES string of the molecule is CCCCc1ccc2nc(CN3CCCC(O)C3)ccc2c1. The number of fused-ring (bicyclic) bond motifs is 1. The van der Waals surface area contributed by atoms with Crippen LogP contribution in [0.5, 0.6) is 0 Å². The highest BCUT2D eigenvalue weighted by molar-refractivity contribution is 5.79. The van der Waals surface area contributed by atoms with E-state index in [4.69, 9.17) is 4.98 Å². The molecule has 0 spiro atoms. The lowest BCUT2D eigenvalue weighted by Gasteiger charge is -2.29. The molecule has 118 valence electrons. The van der Waals surface area contributed by atoms with Gasteiger partial charge < -0.3 is 5.11 Å². The molecule has 22 heavy (non-hydrogen) atoms. The molecule has 0 saturated carbocycles. The molecule has 2 heterocycles. The molecule has 1 aliphatic rings. The van der Waals surface area contributed by atoms with Gasteiger partial charge in [-0.1, -0.05) is 25.5 Å². The van der Waals surface area contributed by atoms with Crippen molar-refractivity contribution in [3.63, 3.8) is 0 Å². The highest BCUT2D eigenvalue weighted by Crippen LogP contribution is 2.18. The van der Waals surface area contributed by atoms with Crippen LogP contribution < -0.4 is 0 Å². The number of aliphatic hydroxyl groups excluding tert-OH is 1. The largest absolute Gasteiger partial charge is 0.392 e. The molecule has 1 aliphatic heterocycles. The fourth-order valence-electron chi connectivity index (χ4n) is 3.25. The predicted molar refractivity (Wildman–Crippen MR) is 90.9 cm³/mol. The number of pyridine rings is 1. The van der Waals surface area contributed by atoms with Gasteiger partial charge in [0.2, 0.25) is 0 Å². The first-order valence-electron chi connectivity index (χ1n) is 8.53. The van der Waals surface area contributed by atoms with Crippen molar-refractivity contribution in [3.8, 4) is 0 Å². The number of aryl methyl sites for hydroxylation is 1. The Kier molecular flexibility index (Phi) is 5.06. The Labute approximate surface area is 133 Å². The van der Waals surface area contributed by atoms with Crippen molar-refractivity contribution in [2.75, 3.05) is 13.1 Å². The first-order valence-corrected chi connectivity index (χ1v) is 8.53. The Hall–Kier alpha value is -1.45. The van der Waals surface area contributed by atoms with Gasteiger partial charge in [0, 0.05) is 18.5 Å². The minimum Gasteiger partial charge on any atom is -0.392 e. The fraction of sp³-hybridized carbons (Fsp3) is 0.526. The van der Waals surface area contributed by atoms with Crippen LogP contribution in [0.1, 0.15) is 43.9 Å². The lowest BCUT2D eigenvalue weighted by Crippen LogP contribution is -2.37. The molecule has 2 aromatic rings. The highest BCUT2D eigenvalue weighted by Gasteiger charge is 2.17. The Morgan fingerprint density at radius 3 is 3.00 bits per heavy atom. The molecule has 0 aliphatic carbocycles. The fourth-order valence-corrected chi connectivity index (χ4v) is 3.25. The van der Waals surface area contributed by atoms with E-state index >= 15 is 0 Å². The van der Waals surface area contributed by atoms with E-state index in [1.54, 1.807) is 0 Å². The summed E-state index contributed by atoms with van der Waals surface area (Å²) < 4.78 is 0. The summed E-state index contributed by atoms with van der Waals surface area (Å²) in [6.07, 6.45) is 5.47. The zero-order valence-electron chi connectivity index (χ0n) is 13.5. The summed E-state index contributed by atoms with van der Waals surface area (Å²) in [5.74, 6) is 0. The van der Waals surface area contributed by atoms with Gasteiger partial charge in [-0.2, -0.15) is 0 Å². The van der Waals surface area contributed by atoms with Gasteiger partial charge in [0.05, 0.1) is 17.3 Å². The van der Waals surface area contributed by atoms with Gasteiger partial charge in [-0.05, 0) is 56.0 Å². The summed E-state index contributed by atoms with van der Waals surface area (Å²) in [6.45, 7) is 4.90. The Bertz CT molecular complexity index is 626. The third kappa shape index (κ3) is 3.84. The molecule has 0 radical (unpaired) electrons. The number of hydrogen-bond donors (Lipinski definition) is 1. The van der Waals surface area contributed by atoms with Gasteiger partial charge in [0.25, 0.3) is 0 Å². The first kappa shape index (κ1) is 15.4. The van der Waals surface area contributed by atoms with Gasteiger partial charge in [0.15, 0.2) is 0 Å². The molecule has 3 nitrogen and oxygen atoms in total. The maximum Gasteiger partial charge on any atom is 0.0706 e. The number of aromatic nitrogens is 1. The van der Waals surface area contributed by atoms with Gasteiger partial charge in [-0.25, -0.2) is 0 Å². The van der Waals surface area contributed by atoms with E-state index in [2.05, 4.69) is 42.2 Å². The van der Waals surface area contributed by atoms with E-state index in [9.17, 15) is 5.11 Å². The van der Waals surface area contributed by atoms with Gasteiger partial charge in [-0.3, -0.25) is 9.88 Å². The molecule has 1 unspecified atom stereocenters. The Morgan fingerprint density at radius 2 is 2.18 bits per heavy atom. The van der Waals surface area contributed by atoms with Crippen molar-refractivity contribution >= 4 is 10.9 Å². The number of piperidine rings is 1. The van der Waals surface area contributed by atoms with Crippen LogP contribution in [0.2, 0.25) is 0 Å². The number of hydrogen-bond acceptors (Lipinski definition) is 3. The number of likely N-dealkylation sites (tertiary alicyclic amines) is 1. The molecule has 1 aromatic carbocycles. The summed E-state index contributed by atoms with van der Waals surface area (Å²) >= 11 is 0. The van der Waals surface area contributed by atoms with Crippen LogP contribution in [-0.4, -0.2) is 34.2 Å². The second kappa shape index (κ2) is 7.21. The van der Waals surface area contributed by atoms with Crippen LogP contribution in [-0.2, 0) is 13.0 Å². The van der Waals surface area contributed by atoms with Crippen LogP contribution >= 0.6 is 0 Å². The molecular weight excluding hydrogens is 272 g/mol. The number of β-amino-alcohol motifs (C(OH)–C–C–N with tert-alkyl or cyclic N) is 1. The van der Waals surface area contributed by atoms with Gasteiger partial charge >= 0.3 is 0 Å². The van der Waals surface area contributed by atoms with E-state index in [1.807, 2.05) is 0 Å². The Morgan fingerprint density at radius 1 is 1.27 bits per heavy atom.